The second-order valence-electron chi connectivity index (χ2n) is 5.81. The van der Waals surface area contributed by atoms with E-state index in [9.17, 15) is 19.5 Å². The molecule has 23 heavy (non-hydrogen) atoms. The molecule has 1 heterocycles. The standard InChI is InChI=1S/C18H21NO4/c1-12(2)15(20)10-4-3-5-11-16(21)19-17(22)13-8-6-7-9-14(13)18(19)23/h6-9,16,21H,1,3-5,10-11H2,2H3. The topological polar surface area (TPSA) is 74.7 Å². The monoisotopic (exact) mass is 315 g/mol. The number of rotatable bonds is 8. The number of nitrogens with zero attached hydrogens (tertiary/aromatic N) is 1. The molecule has 1 aliphatic rings. The molecule has 1 aliphatic heterocycles. The molecular formula is C18H21NO4. The molecule has 1 aromatic carbocycles. The number of amides is 2. The highest BCUT2D eigenvalue weighted by atomic mass is 16.3. The molecule has 2 amide bonds. The lowest BCUT2D eigenvalue weighted by Gasteiger charge is -2.21. The van der Waals surface area contributed by atoms with Crippen LogP contribution in [0.25, 0.3) is 0 Å². The molecule has 122 valence electrons. The molecule has 1 N–H and O–H groups in total. The molecule has 0 saturated carbocycles. The van der Waals surface area contributed by atoms with Crippen molar-refractivity contribution in [2.75, 3.05) is 0 Å². The number of carbonyl (C=O) groups excluding carboxylic acids is 3. The van der Waals surface area contributed by atoms with Gasteiger partial charge in [-0.15, -0.1) is 0 Å². The van der Waals surface area contributed by atoms with Crippen LogP contribution >= 0.6 is 0 Å². The van der Waals surface area contributed by atoms with E-state index in [-0.39, 0.29) is 5.78 Å². The molecule has 0 radical (unpaired) electrons. The van der Waals surface area contributed by atoms with E-state index in [0.29, 0.717) is 42.4 Å². The Bertz CT molecular complexity index is 615. The van der Waals surface area contributed by atoms with Gasteiger partial charge in [0.25, 0.3) is 11.8 Å². The number of fused-ring (bicyclic) bond motifs is 1. The van der Waals surface area contributed by atoms with Gasteiger partial charge < -0.3 is 5.11 Å². The molecule has 1 aromatic rings. The number of ketones is 1. The Labute approximate surface area is 135 Å². The predicted octanol–water partition coefficient (Wildman–Crippen LogP) is 2.70. The first-order valence-electron chi connectivity index (χ1n) is 7.77. The molecular weight excluding hydrogens is 294 g/mol. The first-order chi connectivity index (χ1) is 10.9. The van der Waals surface area contributed by atoms with Crippen LogP contribution in [0.1, 0.15) is 59.7 Å². The highest BCUT2D eigenvalue weighted by molar-refractivity contribution is 6.21. The van der Waals surface area contributed by atoms with Gasteiger partial charge in [0.05, 0.1) is 11.1 Å². The SMILES string of the molecule is C=C(C)C(=O)CCCCCC(O)N1C(=O)c2ccccc2C1=O. The molecule has 1 unspecified atom stereocenters. The maximum atomic E-state index is 12.2. The van der Waals surface area contributed by atoms with Crippen LogP contribution in [0.3, 0.4) is 0 Å². The first kappa shape index (κ1) is 17.1. The van der Waals surface area contributed by atoms with E-state index in [1.807, 2.05) is 0 Å². The number of benzene rings is 1. The lowest BCUT2D eigenvalue weighted by molar-refractivity contribution is -0.115. The number of aliphatic hydroxyl groups excluding tert-OH is 1. The van der Waals surface area contributed by atoms with Crippen molar-refractivity contribution in [2.45, 2.75) is 45.3 Å². The molecule has 0 bridgehead atoms. The van der Waals surface area contributed by atoms with Crippen molar-refractivity contribution in [3.63, 3.8) is 0 Å². The zero-order valence-electron chi connectivity index (χ0n) is 13.2. The quantitative estimate of drug-likeness (QED) is 0.455. The minimum Gasteiger partial charge on any atom is -0.373 e. The summed E-state index contributed by atoms with van der Waals surface area (Å²) >= 11 is 0. The average molecular weight is 315 g/mol. The maximum absolute atomic E-state index is 12.2. The van der Waals surface area contributed by atoms with E-state index >= 15 is 0 Å². The van der Waals surface area contributed by atoms with E-state index in [0.717, 1.165) is 11.3 Å². The maximum Gasteiger partial charge on any atom is 0.263 e. The lowest BCUT2D eigenvalue weighted by atomic mass is 10.1. The van der Waals surface area contributed by atoms with Gasteiger partial charge in [-0.2, -0.15) is 0 Å². The summed E-state index contributed by atoms with van der Waals surface area (Å²) in [4.78, 5) is 36.7. The molecule has 0 aliphatic carbocycles. The Morgan fingerprint density at radius 2 is 1.70 bits per heavy atom. The molecule has 2 rings (SSSR count). The Kier molecular flexibility index (Phi) is 5.45. The van der Waals surface area contributed by atoms with Crippen molar-refractivity contribution in [3.8, 4) is 0 Å². The number of hydrogen-bond donors (Lipinski definition) is 1. The number of Topliss-reactive ketones (excluding diaryl/α,β-unsaturated/α-hetero) is 1. The predicted molar refractivity (Wildman–Crippen MR) is 85.9 cm³/mol. The van der Waals surface area contributed by atoms with Crippen LogP contribution in [0, 0.1) is 0 Å². The Balaban J connectivity index is 1.82. The summed E-state index contributed by atoms with van der Waals surface area (Å²) in [5.41, 5.74) is 1.23. The van der Waals surface area contributed by atoms with Crippen LogP contribution in [0.5, 0.6) is 0 Å². The van der Waals surface area contributed by atoms with Gasteiger partial charge >= 0.3 is 0 Å². The Hall–Kier alpha value is -2.27. The molecule has 0 saturated heterocycles. The summed E-state index contributed by atoms with van der Waals surface area (Å²) in [5.74, 6) is -0.850. The van der Waals surface area contributed by atoms with Gasteiger partial charge in [-0.05, 0) is 43.9 Å². The van der Waals surface area contributed by atoms with Crippen LogP contribution in [0.4, 0.5) is 0 Å². The van der Waals surface area contributed by atoms with E-state index in [1.54, 1.807) is 31.2 Å². The van der Waals surface area contributed by atoms with Gasteiger partial charge in [-0.3, -0.25) is 14.4 Å². The summed E-state index contributed by atoms with van der Waals surface area (Å²) in [7, 11) is 0. The van der Waals surface area contributed by atoms with Gasteiger partial charge in [-0.1, -0.05) is 25.1 Å². The summed E-state index contributed by atoms with van der Waals surface area (Å²) in [5, 5.41) is 10.2. The fourth-order valence-electron chi connectivity index (χ4n) is 2.61. The number of imide groups is 1. The van der Waals surface area contributed by atoms with Crippen LogP contribution in [-0.4, -0.2) is 33.8 Å². The number of aliphatic hydroxyl groups is 1. The number of carbonyl (C=O) groups is 3. The Morgan fingerprint density at radius 1 is 1.13 bits per heavy atom. The molecule has 0 spiro atoms. The van der Waals surface area contributed by atoms with E-state index < -0.39 is 18.0 Å². The third-order valence-electron chi connectivity index (χ3n) is 3.97. The largest absolute Gasteiger partial charge is 0.373 e. The van der Waals surface area contributed by atoms with Crippen molar-refractivity contribution < 1.29 is 19.5 Å². The van der Waals surface area contributed by atoms with Crippen molar-refractivity contribution in [2.24, 2.45) is 0 Å². The van der Waals surface area contributed by atoms with Crippen molar-refractivity contribution in [3.05, 3.63) is 47.5 Å². The van der Waals surface area contributed by atoms with Crippen LogP contribution in [0.15, 0.2) is 36.4 Å². The van der Waals surface area contributed by atoms with Gasteiger partial charge in [0, 0.05) is 6.42 Å². The third-order valence-corrected chi connectivity index (χ3v) is 3.97. The summed E-state index contributed by atoms with van der Waals surface area (Å²) in [6.07, 6.45) is 1.72. The third kappa shape index (κ3) is 3.74. The Morgan fingerprint density at radius 3 is 2.22 bits per heavy atom. The fourth-order valence-corrected chi connectivity index (χ4v) is 2.61. The van der Waals surface area contributed by atoms with Gasteiger partial charge in [0.1, 0.15) is 6.23 Å². The molecule has 5 heteroatoms. The lowest BCUT2D eigenvalue weighted by Crippen LogP contribution is -2.39. The highest BCUT2D eigenvalue weighted by Gasteiger charge is 2.38. The minimum absolute atomic E-state index is 0.0471. The van der Waals surface area contributed by atoms with Gasteiger partial charge in [0.15, 0.2) is 5.78 Å². The van der Waals surface area contributed by atoms with Crippen LogP contribution in [0.2, 0.25) is 0 Å². The van der Waals surface area contributed by atoms with Crippen molar-refractivity contribution in [1.29, 1.82) is 0 Å². The van der Waals surface area contributed by atoms with E-state index in [1.165, 1.54) is 0 Å². The van der Waals surface area contributed by atoms with E-state index in [4.69, 9.17) is 0 Å². The molecule has 0 fully saturated rings. The summed E-state index contributed by atoms with van der Waals surface area (Å²) in [6.45, 7) is 5.29. The van der Waals surface area contributed by atoms with Gasteiger partial charge in [0.2, 0.25) is 0 Å². The van der Waals surface area contributed by atoms with E-state index in [2.05, 4.69) is 6.58 Å². The normalized spacial score (nSPS) is 14.8. The van der Waals surface area contributed by atoms with Crippen LogP contribution in [-0.2, 0) is 4.79 Å². The average Bonchev–Trinajstić information content (AvgIpc) is 2.78. The van der Waals surface area contributed by atoms with Crippen molar-refractivity contribution >= 4 is 17.6 Å². The molecule has 5 nitrogen and oxygen atoms in total. The molecule has 0 aromatic heterocycles. The fraction of sp³-hybridized carbons (Fsp3) is 0.389. The van der Waals surface area contributed by atoms with Gasteiger partial charge in [-0.25, -0.2) is 4.90 Å². The number of unbranched alkanes of at least 4 members (excludes halogenated alkanes) is 2. The van der Waals surface area contributed by atoms with Crippen molar-refractivity contribution in [1.82, 2.24) is 4.90 Å². The minimum atomic E-state index is -1.13. The highest BCUT2D eigenvalue weighted by Crippen LogP contribution is 2.25. The molecule has 1 atom stereocenters. The second kappa shape index (κ2) is 7.33. The number of hydrogen-bond acceptors (Lipinski definition) is 4. The zero-order valence-corrected chi connectivity index (χ0v) is 13.2. The smallest absolute Gasteiger partial charge is 0.263 e. The number of allylic oxidation sites excluding steroid dienone is 1. The first-order valence-corrected chi connectivity index (χ1v) is 7.77. The second-order valence-corrected chi connectivity index (χ2v) is 5.81. The van der Waals surface area contributed by atoms with Crippen LogP contribution < -0.4 is 0 Å². The zero-order chi connectivity index (χ0) is 17.0. The summed E-state index contributed by atoms with van der Waals surface area (Å²) < 4.78 is 0. The summed E-state index contributed by atoms with van der Waals surface area (Å²) in [6, 6.07) is 6.56.